The highest BCUT2D eigenvalue weighted by Gasteiger charge is 2.18. The molecule has 0 aliphatic carbocycles. The van der Waals surface area contributed by atoms with E-state index in [1.807, 2.05) is 17.5 Å². The van der Waals surface area contributed by atoms with Gasteiger partial charge >= 0.3 is 0 Å². The first-order valence-electron chi connectivity index (χ1n) is 12.6. The number of fused-ring (bicyclic) bond motifs is 1. The van der Waals surface area contributed by atoms with Gasteiger partial charge in [0.2, 0.25) is 6.79 Å². The number of benzene rings is 2. The molecule has 194 valence electrons. The Balaban J connectivity index is 0.00000380. The van der Waals surface area contributed by atoms with Gasteiger partial charge in [-0.2, -0.15) is 0 Å². The summed E-state index contributed by atoms with van der Waals surface area (Å²) in [5, 5.41) is 5.77. The van der Waals surface area contributed by atoms with Crippen LogP contribution in [0.4, 0.5) is 0 Å². The van der Waals surface area contributed by atoms with Crippen molar-refractivity contribution in [3.8, 4) is 11.5 Å². The highest BCUT2D eigenvalue weighted by Crippen LogP contribution is 2.33. The number of hydrogen-bond acceptors (Lipinski definition) is 6. The summed E-state index contributed by atoms with van der Waals surface area (Å²) < 4.78 is 11.1. The summed E-state index contributed by atoms with van der Waals surface area (Å²) in [5.74, 6) is 2.03. The summed E-state index contributed by atoms with van der Waals surface area (Å²) in [6, 6.07) is 15.0. The Morgan fingerprint density at radius 1 is 1.06 bits per heavy atom. The molecule has 1 aliphatic rings. The average Bonchev–Trinajstić information content (AvgIpc) is 3.48. The molecule has 0 unspecified atom stereocenters. The highest BCUT2D eigenvalue weighted by atomic mass is 32.1. The van der Waals surface area contributed by atoms with Crippen molar-refractivity contribution in [3.63, 3.8) is 0 Å². The number of amides is 1. The number of ether oxygens (including phenoxy) is 2. The number of nitrogens with zero attached hydrogens (tertiary/aromatic N) is 2. The van der Waals surface area contributed by atoms with Gasteiger partial charge in [0.05, 0.1) is 6.54 Å². The van der Waals surface area contributed by atoms with E-state index in [0.29, 0.717) is 24.7 Å². The second-order valence-corrected chi connectivity index (χ2v) is 11.8. The summed E-state index contributed by atoms with van der Waals surface area (Å²) in [6.45, 7) is 14.1. The molecule has 2 heterocycles. The zero-order chi connectivity index (χ0) is 25.7. The van der Waals surface area contributed by atoms with Crippen LogP contribution in [0.5, 0.6) is 11.5 Å². The van der Waals surface area contributed by atoms with Gasteiger partial charge in [0.25, 0.3) is 5.91 Å². The molecule has 0 saturated carbocycles. The van der Waals surface area contributed by atoms with E-state index in [0.717, 1.165) is 41.6 Å². The van der Waals surface area contributed by atoms with Gasteiger partial charge in [0.15, 0.2) is 11.5 Å². The maximum Gasteiger partial charge on any atom is 0.270 e. The molecule has 1 amide bonds. The molecule has 0 fully saturated rings. The number of carbonyl (C=O) groups is 1. The maximum atomic E-state index is 12.5. The van der Waals surface area contributed by atoms with E-state index in [-0.39, 0.29) is 19.5 Å². The van der Waals surface area contributed by atoms with Crippen molar-refractivity contribution in [2.24, 2.45) is 5.92 Å². The predicted molar refractivity (Wildman–Crippen MR) is 147 cm³/mol. The third kappa shape index (κ3) is 7.08. The minimum atomic E-state index is -0.0989. The van der Waals surface area contributed by atoms with E-state index in [4.69, 9.17) is 9.47 Å². The van der Waals surface area contributed by atoms with Gasteiger partial charge < -0.3 is 14.8 Å². The molecule has 0 spiro atoms. The van der Waals surface area contributed by atoms with Crippen LogP contribution < -0.4 is 14.8 Å². The van der Waals surface area contributed by atoms with Gasteiger partial charge in [-0.25, -0.2) is 4.98 Å². The third-order valence-electron chi connectivity index (χ3n) is 6.22. The summed E-state index contributed by atoms with van der Waals surface area (Å²) in [5.41, 5.74) is 4.33. The molecule has 1 aromatic heterocycles. The molecule has 0 saturated heterocycles. The number of rotatable bonds is 10. The summed E-state index contributed by atoms with van der Waals surface area (Å²) in [6.07, 6.45) is 0.958. The van der Waals surface area contributed by atoms with Crippen LogP contribution in [-0.4, -0.2) is 29.1 Å². The minimum absolute atomic E-state index is 0. The Hall–Kier alpha value is -2.90. The number of aromatic nitrogens is 1. The molecule has 1 aliphatic heterocycles. The standard InChI is InChI=1S/C29H37N3O3S.H2/c1-20(2)12-13-30-28(33)24-18-36-27(31-24)17-32(15-21-6-9-23(10-7-21)29(3,4)5)16-22-8-11-25-26(14-22)35-19-34-25;/h6-11,14,18,20H,12-13,15-17,19H2,1-5H3,(H,30,33);1H. The topological polar surface area (TPSA) is 63.7 Å². The zero-order valence-electron chi connectivity index (χ0n) is 22.0. The molecular formula is C29H39N3O3S. The molecule has 2 aromatic carbocycles. The number of hydrogen-bond donors (Lipinski definition) is 1. The fraction of sp³-hybridized carbons (Fsp3) is 0.448. The lowest BCUT2D eigenvalue weighted by Gasteiger charge is -2.23. The van der Waals surface area contributed by atoms with Gasteiger partial charge in [0.1, 0.15) is 10.7 Å². The Bertz CT molecular complexity index is 1170. The van der Waals surface area contributed by atoms with Crippen LogP contribution in [0.15, 0.2) is 47.8 Å². The van der Waals surface area contributed by atoms with Gasteiger partial charge in [0, 0.05) is 26.4 Å². The second kappa shape index (κ2) is 11.4. The number of thiazole rings is 1. The van der Waals surface area contributed by atoms with Crippen LogP contribution >= 0.6 is 11.3 Å². The predicted octanol–water partition coefficient (Wildman–Crippen LogP) is 6.39. The molecule has 7 heteroatoms. The van der Waals surface area contributed by atoms with Crippen molar-refractivity contribution in [2.45, 2.75) is 66.1 Å². The molecule has 0 radical (unpaired) electrons. The molecule has 36 heavy (non-hydrogen) atoms. The van der Waals surface area contributed by atoms with Crippen molar-refractivity contribution in [3.05, 3.63) is 75.2 Å². The summed E-state index contributed by atoms with van der Waals surface area (Å²) in [7, 11) is 0. The van der Waals surface area contributed by atoms with Crippen LogP contribution in [-0.2, 0) is 25.0 Å². The fourth-order valence-electron chi connectivity index (χ4n) is 4.08. The van der Waals surface area contributed by atoms with Crippen LogP contribution in [0, 0.1) is 5.92 Å². The molecule has 4 rings (SSSR count). The van der Waals surface area contributed by atoms with E-state index in [2.05, 4.69) is 80.2 Å². The molecule has 0 bridgehead atoms. The van der Waals surface area contributed by atoms with E-state index in [9.17, 15) is 4.79 Å². The van der Waals surface area contributed by atoms with Crippen molar-refractivity contribution >= 4 is 17.2 Å². The van der Waals surface area contributed by atoms with Crippen molar-refractivity contribution < 1.29 is 15.7 Å². The highest BCUT2D eigenvalue weighted by molar-refractivity contribution is 7.09. The number of carbonyl (C=O) groups excluding carboxylic acids is 1. The third-order valence-corrected chi connectivity index (χ3v) is 7.05. The Morgan fingerprint density at radius 3 is 2.47 bits per heavy atom. The first kappa shape index (κ1) is 26.2. The Morgan fingerprint density at radius 2 is 1.75 bits per heavy atom. The lowest BCUT2D eigenvalue weighted by molar-refractivity contribution is 0.0947. The van der Waals surface area contributed by atoms with E-state index < -0.39 is 0 Å². The van der Waals surface area contributed by atoms with E-state index in [1.165, 1.54) is 22.5 Å². The summed E-state index contributed by atoms with van der Waals surface area (Å²) in [4.78, 5) is 19.5. The van der Waals surface area contributed by atoms with E-state index in [1.54, 1.807) is 0 Å². The molecule has 1 N–H and O–H groups in total. The van der Waals surface area contributed by atoms with E-state index >= 15 is 0 Å². The summed E-state index contributed by atoms with van der Waals surface area (Å²) >= 11 is 1.53. The minimum Gasteiger partial charge on any atom is -0.454 e. The van der Waals surface area contributed by atoms with Crippen molar-refractivity contribution in [1.82, 2.24) is 15.2 Å². The average molecular weight is 510 g/mol. The lowest BCUT2D eigenvalue weighted by Crippen LogP contribution is -2.26. The van der Waals surface area contributed by atoms with Gasteiger partial charge in [-0.15, -0.1) is 11.3 Å². The molecular weight excluding hydrogens is 470 g/mol. The van der Waals surface area contributed by atoms with Crippen LogP contribution in [0.3, 0.4) is 0 Å². The van der Waals surface area contributed by atoms with Crippen LogP contribution in [0.2, 0.25) is 0 Å². The SMILES string of the molecule is CC(C)CCNC(=O)c1csc(CN(Cc2ccc(C(C)(C)C)cc2)Cc2ccc3c(c2)OCO3)n1.[HH]. The number of nitrogens with one attached hydrogen (secondary N) is 1. The van der Waals surface area contributed by atoms with Gasteiger partial charge in [-0.1, -0.05) is 65.0 Å². The van der Waals surface area contributed by atoms with Crippen molar-refractivity contribution in [2.75, 3.05) is 13.3 Å². The van der Waals surface area contributed by atoms with Crippen LogP contribution in [0.1, 0.15) is 74.7 Å². The first-order chi connectivity index (χ1) is 17.2. The fourth-order valence-corrected chi connectivity index (χ4v) is 4.89. The largest absolute Gasteiger partial charge is 0.454 e. The van der Waals surface area contributed by atoms with Gasteiger partial charge in [-0.3, -0.25) is 9.69 Å². The Labute approximate surface area is 220 Å². The quantitative estimate of drug-likeness (QED) is 0.343. The van der Waals surface area contributed by atoms with Crippen molar-refractivity contribution in [1.29, 1.82) is 0 Å². The molecule has 3 aromatic rings. The molecule has 6 nitrogen and oxygen atoms in total. The van der Waals surface area contributed by atoms with Crippen LogP contribution in [0.25, 0.3) is 0 Å². The monoisotopic (exact) mass is 509 g/mol. The second-order valence-electron chi connectivity index (χ2n) is 10.8. The van der Waals surface area contributed by atoms with Gasteiger partial charge in [-0.05, 0) is 46.6 Å². The zero-order valence-corrected chi connectivity index (χ0v) is 22.8. The Kier molecular flexibility index (Phi) is 8.32. The smallest absolute Gasteiger partial charge is 0.270 e. The molecule has 0 atom stereocenters. The normalized spacial score (nSPS) is 13.0. The first-order valence-corrected chi connectivity index (χ1v) is 13.5. The lowest BCUT2D eigenvalue weighted by atomic mass is 9.87. The maximum absolute atomic E-state index is 12.5.